The van der Waals surface area contributed by atoms with E-state index in [0.29, 0.717) is 11.5 Å². The van der Waals surface area contributed by atoms with Crippen LogP contribution in [-0.2, 0) is 13.1 Å². The first-order chi connectivity index (χ1) is 12.7. The van der Waals surface area contributed by atoms with E-state index in [-0.39, 0.29) is 5.82 Å². The molecule has 1 aliphatic heterocycles. The molecule has 1 saturated heterocycles. The van der Waals surface area contributed by atoms with Crippen LogP contribution in [0.25, 0.3) is 10.2 Å². The minimum absolute atomic E-state index is 0.182. The molecular weight excluding hydrogens is 365 g/mol. The number of fused-ring (bicyclic) bond motifs is 1. The molecule has 3 heterocycles. The number of thiophene rings is 1. The molecule has 5 rings (SSSR count). The van der Waals surface area contributed by atoms with Gasteiger partial charge in [0.25, 0.3) is 0 Å². The average Bonchev–Trinajstić information content (AvgIpc) is 3.01. The first-order valence-electron chi connectivity index (χ1n) is 9.23. The second kappa shape index (κ2) is 6.68. The quantitative estimate of drug-likeness (QED) is 0.691. The zero-order chi connectivity index (χ0) is 17.6. The fraction of sp³-hybridized carbons (Fsp3) is 0.450. The number of benzene rings is 1. The van der Waals surface area contributed by atoms with Crippen molar-refractivity contribution in [2.45, 2.75) is 38.4 Å². The number of hydrogen-bond acceptors (Lipinski definition) is 5. The lowest BCUT2D eigenvalue weighted by molar-refractivity contribution is 0.188. The Kier molecular flexibility index (Phi) is 4.32. The number of hydrogen-bond donors (Lipinski definition) is 1. The summed E-state index contributed by atoms with van der Waals surface area (Å²) in [6.45, 7) is 4.12. The van der Waals surface area contributed by atoms with Crippen LogP contribution in [0.5, 0.6) is 0 Å². The fourth-order valence-corrected chi connectivity index (χ4v) is 6.06. The van der Waals surface area contributed by atoms with Gasteiger partial charge in [0.2, 0.25) is 0 Å². The van der Waals surface area contributed by atoms with E-state index < -0.39 is 0 Å². The first-order valence-corrected chi connectivity index (χ1v) is 11.0. The monoisotopic (exact) mass is 387 g/mol. The molecule has 1 spiro atoms. The highest BCUT2D eigenvalue weighted by atomic mass is 32.1. The molecule has 0 bridgehead atoms. The SMILES string of the molecule is Fc1ccc2nc(CN(Cc3ccsc3)C3CC34CCNCC4)sc2c1. The third kappa shape index (κ3) is 3.20. The Bertz CT molecular complexity index is 899. The van der Waals surface area contributed by atoms with Gasteiger partial charge in [-0.05, 0) is 78.4 Å². The van der Waals surface area contributed by atoms with E-state index >= 15 is 0 Å². The molecule has 1 aromatic carbocycles. The van der Waals surface area contributed by atoms with E-state index in [1.54, 1.807) is 34.8 Å². The van der Waals surface area contributed by atoms with Gasteiger partial charge in [-0.25, -0.2) is 9.37 Å². The van der Waals surface area contributed by atoms with Crippen LogP contribution >= 0.6 is 22.7 Å². The zero-order valence-corrected chi connectivity index (χ0v) is 16.2. The Labute approximate surface area is 160 Å². The Morgan fingerprint density at radius 2 is 2.12 bits per heavy atom. The van der Waals surface area contributed by atoms with E-state index in [9.17, 15) is 4.39 Å². The van der Waals surface area contributed by atoms with Crippen molar-refractivity contribution in [2.24, 2.45) is 5.41 Å². The summed E-state index contributed by atoms with van der Waals surface area (Å²) in [5.74, 6) is -0.182. The largest absolute Gasteiger partial charge is 0.317 e. The van der Waals surface area contributed by atoms with Crippen molar-refractivity contribution in [3.05, 3.63) is 51.4 Å². The number of nitrogens with zero attached hydrogens (tertiary/aromatic N) is 2. The van der Waals surface area contributed by atoms with Crippen molar-refractivity contribution in [1.29, 1.82) is 0 Å². The molecule has 1 saturated carbocycles. The minimum atomic E-state index is -0.182. The maximum absolute atomic E-state index is 13.5. The number of halogens is 1. The molecule has 136 valence electrons. The molecule has 0 radical (unpaired) electrons. The third-order valence-corrected chi connectivity index (χ3v) is 7.62. The van der Waals surface area contributed by atoms with E-state index in [4.69, 9.17) is 4.98 Å². The Morgan fingerprint density at radius 3 is 2.92 bits per heavy atom. The van der Waals surface area contributed by atoms with Crippen molar-refractivity contribution in [1.82, 2.24) is 15.2 Å². The molecule has 6 heteroatoms. The molecule has 1 unspecified atom stereocenters. The number of piperidine rings is 1. The van der Waals surface area contributed by atoms with E-state index in [1.165, 1.54) is 30.9 Å². The van der Waals surface area contributed by atoms with Gasteiger partial charge in [-0.15, -0.1) is 11.3 Å². The van der Waals surface area contributed by atoms with Crippen molar-refractivity contribution < 1.29 is 4.39 Å². The average molecular weight is 388 g/mol. The molecule has 2 fully saturated rings. The van der Waals surface area contributed by atoms with Crippen molar-refractivity contribution in [2.75, 3.05) is 13.1 Å². The number of thiazole rings is 1. The van der Waals surface area contributed by atoms with Gasteiger partial charge < -0.3 is 5.32 Å². The Balaban J connectivity index is 1.40. The molecule has 1 N–H and O–H groups in total. The van der Waals surface area contributed by atoms with Gasteiger partial charge in [0.1, 0.15) is 10.8 Å². The second-order valence-corrected chi connectivity index (χ2v) is 9.48. The Morgan fingerprint density at radius 1 is 1.23 bits per heavy atom. The summed E-state index contributed by atoms with van der Waals surface area (Å²) in [5, 5.41) is 8.99. The molecule has 2 aromatic heterocycles. The summed E-state index contributed by atoms with van der Waals surface area (Å²) in [6, 6.07) is 7.76. The Hall–Kier alpha value is -1.34. The summed E-state index contributed by atoms with van der Waals surface area (Å²) in [6.07, 6.45) is 3.87. The smallest absolute Gasteiger partial charge is 0.124 e. The number of rotatable bonds is 5. The lowest BCUT2D eigenvalue weighted by Gasteiger charge is -2.29. The van der Waals surface area contributed by atoms with Gasteiger partial charge >= 0.3 is 0 Å². The van der Waals surface area contributed by atoms with Gasteiger partial charge in [-0.3, -0.25) is 4.90 Å². The molecule has 3 aromatic rings. The predicted octanol–water partition coefficient (Wildman–Crippen LogP) is 4.64. The summed E-state index contributed by atoms with van der Waals surface area (Å²) in [7, 11) is 0. The van der Waals surface area contributed by atoms with E-state index in [2.05, 4.69) is 27.0 Å². The summed E-state index contributed by atoms with van der Waals surface area (Å²) in [5.41, 5.74) is 2.80. The van der Waals surface area contributed by atoms with Crippen LogP contribution in [0.3, 0.4) is 0 Å². The van der Waals surface area contributed by atoms with Crippen LogP contribution < -0.4 is 5.32 Å². The van der Waals surface area contributed by atoms with Crippen LogP contribution in [0, 0.1) is 11.2 Å². The van der Waals surface area contributed by atoms with Crippen LogP contribution in [0.15, 0.2) is 35.0 Å². The van der Waals surface area contributed by atoms with Gasteiger partial charge in [-0.1, -0.05) is 0 Å². The highest BCUT2D eigenvalue weighted by molar-refractivity contribution is 7.18. The predicted molar refractivity (Wildman–Crippen MR) is 106 cm³/mol. The van der Waals surface area contributed by atoms with E-state index in [0.717, 1.165) is 41.4 Å². The summed E-state index contributed by atoms with van der Waals surface area (Å²) >= 11 is 3.39. The molecule has 1 atom stereocenters. The van der Waals surface area contributed by atoms with Crippen molar-refractivity contribution in [3.63, 3.8) is 0 Å². The normalized spacial score (nSPS) is 21.7. The van der Waals surface area contributed by atoms with Crippen LogP contribution in [0.2, 0.25) is 0 Å². The summed E-state index contributed by atoms with van der Waals surface area (Å²) < 4.78 is 14.4. The van der Waals surface area contributed by atoms with E-state index in [1.807, 2.05) is 0 Å². The van der Waals surface area contributed by atoms with Crippen molar-refractivity contribution >= 4 is 32.9 Å². The van der Waals surface area contributed by atoms with Crippen LogP contribution in [0.1, 0.15) is 29.8 Å². The van der Waals surface area contributed by atoms with Gasteiger partial charge in [0.05, 0.1) is 16.8 Å². The maximum atomic E-state index is 13.5. The number of aromatic nitrogens is 1. The highest BCUT2D eigenvalue weighted by Gasteiger charge is 2.56. The number of nitrogens with one attached hydrogen (secondary N) is 1. The standard InChI is InChI=1S/C20H22FN3S2/c21-15-1-2-16-17(9-15)26-19(23-16)12-24(11-14-3-8-25-13-14)18-10-20(18)4-6-22-7-5-20/h1-3,8-9,13,18,22H,4-7,10-12H2. The third-order valence-electron chi connectivity index (χ3n) is 5.89. The second-order valence-electron chi connectivity index (χ2n) is 7.59. The topological polar surface area (TPSA) is 28.2 Å². The first kappa shape index (κ1) is 16.8. The minimum Gasteiger partial charge on any atom is -0.317 e. The highest BCUT2D eigenvalue weighted by Crippen LogP contribution is 2.56. The molecule has 0 amide bonds. The molecular formula is C20H22FN3S2. The molecule has 3 nitrogen and oxygen atoms in total. The van der Waals surface area contributed by atoms with Crippen LogP contribution in [0.4, 0.5) is 4.39 Å². The van der Waals surface area contributed by atoms with Gasteiger partial charge in [-0.2, -0.15) is 11.3 Å². The lowest BCUT2D eigenvalue weighted by Crippen LogP contribution is -2.35. The lowest BCUT2D eigenvalue weighted by atomic mass is 9.93. The van der Waals surface area contributed by atoms with Gasteiger partial charge in [0.15, 0.2) is 0 Å². The zero-order valence-electron chi connectivity index (χ0n) is 14.6. The maximum Gasteiger partial charge on any atom is 0.124 e. The van der Waals surface area contributed by atoms with Crippen LogP contribution in [-0.4, -0.2) is 29.0 Å². The fourth-order valence-electron chi connectivity index (χ4n) is 4.39. The molecule has 2 aliphatic rings. The van der Waals surface area contributed by atoms with Crippen molar-refractivity contribution in [3.8, 4) is 0 Å². The van der Waals surface area contributed by atoms with Gasteiger partial charge in [0, 0.05) is 12.6 Å². The molecule has 1 aliphatic carbocycles. The summed E-state index contributed by atoms with van der Waals surface area (Å²) in [4.78, 5) is 7.38. The molecule has 26 heavy (non-hydrogen) atoms.